The van der Waals surface area contributed by atoms with Gasteiger partial charge in [0, 0.05) is 10.6 Å². The minimum Gasteiger partial charge on any atom is -0.491 e. The third-order valence-electron chi connectivity index (χ3n) is 1.55. The van der Waals surface area contributed by atoms with Crippen molar-refractivity contribution in [1.82, 2.24) is 0 Å². The molecule has 4 heteroatoms. The molecule has 14 heavy (non-hydrogen) atoms. The standard InChI is InChI=1S/C10H13ClN2O/c1-6(2)14-9-4-7(10(12)13)3-8(11)5-9/h3-6H,1-2H3,(H3,12,13). The van der Waals surface area contributed by atoms with Crippen LogP contribution in [0.5, 0.6) is 5.75 Å². The smallest absolute Gasteiger partial charge is 0.122 e. The molecule has 0 atom stereocenters. The van der Waals surface area contributed by atoms with Crippen molar-refractivity contribution in [1.29, 1.82) is 5.41 Å². The zero-order chi connectivity index (χ0) is 10.7. The predicted molar refractivity (Wildman–Crippen MR) is 58.2 cm³/mol. The number of benzene rings is 1. The number of nitrogens with one attached hydrogen (secondary N) is 1. The fourth-order valence-corrected chi connectivity index (χ4v) is 1.28. The highest BCUT2D eigenvalue weighted by Crippen LogP contribution is 2.21. The molecule has 0 aliphatic heterocycles. The number of ether oxygens (including phenoxy) is 1. The molecular weight excluding hydrogens is 200 g/mol. The van der Waals surface area contributed by atoms with E-state index >= 15 is 0 Å². The number of amidine groups is 1. The van der Waals surface area contributed by atoms with Gasteiger partial charge < -0.3 is 10.5 Å². The number of rotatable bonds is 3. The summed E-state index contributed by atoms with van der Waals surface area (Å²) in [4.78, 5) is 0. The van der Waals surface area contributed by atoms with E-state index in [1.54, 1.807) is 18.2 Å². The summed E-state index contributed by atoms with van der Waals surface area (Å²) in [5.74, 6) is 0.624. The lowest BCUT2D eigenvalue weighted by atomic mass is 10.2. The molecule has 0 amide bonds. The Hall–Kier alpha value is -1.22. The summed E-state index contributed by atoms with van der Waals surface area (Å²) in [6, 6.07) is 5.04. The van der Waals surface area contributed by atoms with Crippen molar-refractivity contribution in [3.63, 3.8) is 0 Å². The van der Waals surface area contributed by atoms with Crippen molar-refractivity contribution >= 4 is 17.4 Å². The molecule has 0 aromatic heterocycles. The molecule has 1 rings (SSSR count). The van der Waals surface area contributed by atoms with Gasteiger partial charge in [0.05, 0.1) is 6.10 Å². The lowest BCUT2D eigenvalue weighted by molar-refractivity contribution is 0.242. The number of hydrogen-bond donors (Lipinski definition) is 2. The number of halogens is 1. The molecule has 0 aliphatic rings. The average molecular weight is 213 g/mol. The van der Waals surface area contributed by atoms with Crippen molar-refractivity contribution in [3.05, 3.63) is 28.8 Å². The molecule has 0 saturated carbocycles. The largest absolute Gasteiger partial charge is 0.491 e. The summed E-state index contributed by atoms with van der Waals surface area (Å²) in [6.07, 6.45) is 0.0771. The molecule has 0 fully saturated rings. The molecule has 0 radical (unpaired) electrons. The van der Waals surface area contributed by atoms with Crippen LogP contribution in [0.15, 0.2) is 18.2 Å². The quantitative estimate of drug-likeness (QED) is 0.597. The highest BCUT2D eigenvalue weighted by molar-refractivity contribution is 6.31. The van der Waals surface area contributed by atoms with Crippen molar-refractivity contribution in [2.24, 2.45) is 5.73 Å². The summed E-state index contributed by atoms with van der Waals surface area (Å²) in [7, 11) is 0. The predicted octanol–water partition coefficient (Wildman–Crippen LogP) is 2.41. The van der Waals surface area contributed by atoms with Crippen LogP contribution in [0.3, 0.4) is 0 Å². The third-order valence-corrected chi connectivity index (χ3v) is 1.77. The van der Waals surface area contributed by atoms with E-state index in [2.05, 4.69) is 0 Å². The van der Waals surface area contributed by atoms with Crippen LogP contribution in [0.4, 0.5) is 0 Å². The Bertz CT molecular complexity index is 350. The second-order valence-corrected chi connectivity index (χ2v) is 3.69. The zero-order valence-corrected chi connectivity index (χ0v) is 8.93. The first-order valence-corrected chi connectivity index (χ1v) is 4.68. The van der Waals surface area contributed by atoms with Gasteiger partial charge in [-0.05, 0) is 32.0 Å². The number of nitrogens with two attached hydrogens (primary N) is 1. The van der Waals surface area contributed by atoms with Gasteiger partial charge in [-0.3, -0.25) is 5.41 Å². The van der Waals surface area contributed by atoms with Gasteiger partial charge in [-0.1, -0.05) is 11.6 Å². The maximum Gasteiger partial charge on any atom is 0.122 e. The molecule has 0 bridgehead atoms. The van der Waals surface area contributed by atoms with Crippen LogP contribution in [-0.2, 0) is 0 Å². The second-order valence-electron chi connectivity index (χ2n) is 3.26. The molecule has 3 nitrogen and oxygen atoms in total. The fourth-order valence-electron chi connectivity index (χ4n) is 1.06. The second kappa shape index (κ2) is 4.33. The lowest BCUT2D eigenvalue weighted by Crippen LogP contribution is -2.12. The summed E-state index contributed by atoms with van der Waals surface area (Å²) < 4.78 is 5.45. The fraction of sp³-hybridized carbons (Fsp3) is 0.300. The van der Waals surface area contributed by atoms with E-state index in [9.17, 15) is 0 Å². The Labute approximate surface area is 88.3 Å². The maximum atomic E-state index is 7.27. The van der Waals surface area contributed by atoms with Gasteiger partial charge >= 0.3 is 0 Å². The Morgan fingerprint density at radius 2 is 2.07 bits per heavy atom. The summed E-state index contributed by atoms with van der Waals surface area (Å²) >= 11 is 5.85. The summed E-state index contributed by atoms with van der Waals surface area (Å²) in [6.45, 7) is 3.85. The normalized spacial score (nSPS) is 10.3. The number of nitrogen functional groups attached to an aromatic ring is 1. The van der Waals surface area contributed by atoms with Gasteiger partial charge in [0.1, 0.15) is 11.6 Å². The van der Waals surface area contributed by atoms with Crippen LogP contribution < -0.4 is 10.5 Å². The van der Waals surface area contributed by atoms with E-state index in [1.807, 2.05) is 13.8 Å². The molecule has 3 N–H and O–H groups in total. The summed E-state index contributed by atoms with van der Waals surface area (Å²) in [5, 5.41) is 7.80. The Morgan fingerprint density at radius 1 is 1.43 bits per heavy atom. The van der Waals surface area contributed by atoms with E-state index in [-0.39, 0.29) is 11.9 Å². The lowest BCUT2D eigenvalue weighted by Gasteiger charge is -2.11. The van der Waals surface area contributed by atoms with E-state index in [1.165, 1.54) is 0 Å². The van der Waals surface area contributed by atoms with E-state index in [0.717, 1.165) is 0 Å². The molecule has 0 unspecified atom stereocenters. The van der Waals surface area contributed by atoms with Crippen molar-refractivity contribution < 1.29 is 4.74 Å². The zero-order valence-electron chi connectivity index (χ0n) is 8.17. The molecule has 0 aliphatic carbocycles. The molecule has 76 valence electrons. The summed E-state index contributed by atoms with van der Waals surface area (Å²) in [5.41, 5.74) is 5.93. The van der Waals surface area contributed by atoms with E-state index < -0.39 is 0 Å². The van der Waals surface area contributed by atoms with Crippen molar-refractivity contribution in [3.8, 4) is 5.75 Å². The monoisotopic (exact) mass is 212 g/mol. The molecule has 1 aromatic carbocycles. The minimum atomic E-state index is -0.0129. The maximum absolute atomic E-state index is 7.27. The van der Waals surface area contributed by atoms with Gasteiger partial charge in [0.2, 0.25) is 0 Å². The van der Waals surface area contributed by atoms with Gasteiger partial charge in [-0.15, -0.1) is 0 Å². The third kappa shape index (κ3) is 2.92. The van der Waals surface area contributed by atoms with Crippen LogP contribution >= 0.6 is 11.6 Å². The molecular formula is C10H13ClN2O. The first-order valence-electron chi connectivity index (χ1n) is 4.30. The van der Waals surface area contributed by atoms with Gasteiger partial charge in [0.25, 0.3) is 0 Å². The SMILES string of the molecule is CC(C)Oc1cc(Cl)cc(C(=N)N)c1. The van der Waals surface area contributed by atoms with Gasteiger partial charge in [-0.2, -0.15) is 0 Å². The molecule has 0 saturated heterocycles. The van der Waals surface area contributed by atoms with Crippen molar-refractivity contribution in [2.75, 3.05) is 0 Å². The van der Waals surface area contributed by atoms with Crippen LogP contribution in [0.1, 0.15) is 19.4 Å². The van der Waals surface area contributed by atoms with Crippen LogP contribution in [0.2, 0.25) is 5.02 Å². The average Bonchev–Trinajstić information content (AvgIpc) is 2.01. The van der Waals surface area contributed by atoms with Gasteiger partial charge in [0.15, 0.2) is 0 Å². The highest BCUT2D eigenvalue weighted by Gasteiger charge is 2.04. The Kier molecular flexibility index (Phi) is 3.36. The topological polar surface area (TPSA) is 59.1 Å². The Balaban J connectivity index is 3.01. The minimum absolute atomic E-state index is 0.0129. The van der Waals surface area contributed by atoms with Crippen LogP contribution in [-0.4, -0.2) is 11.9 Å². The van der Waals surface area contributed by atoms with E-state index in [0.29, 0.717) is 16.3 Å². The van der Waals surface area contributed by atoms with Gasteiger partial charge in [-0.25, -0.2) is 0 Å². The highest BCUT2D eigenvalue weighted by atomic mass is 35.5. The van der Waals surface area contributed by atoms with E-state index in [4.69, 9.17) is 27.5 Å². The Morgan fingerprint density at radius 3 is 2.57 bits per heavy atom. The number of hydrogen-bond acceptors (Lipinski definition) is 2. The first kappa shape index (κ1) is 10.9. The first-order chi connectivity index (χ1) is 6.49. The van der Waals surface area contributed by atoms with Crippen LogP contribution in [0, 0.1) is 5.41 Å². The molecule has 0 spiro atoms. The molecule has 1 aromatic rings. The van der Waals surface area contributed by atoms with Crippen molar-refractivity contribution in [2.45, 2.75) is 20.0 Å². The molecule has 0 heterocycles. The van der Waals surface area contributed by atoms with Crippen LogP contribution in [0.25, 0.3) is 0 Å².